The molecule has 116 valence electrons. The highest BCUT2D eigenvalue weighted by Crippen LogP contribution is 2.39. The summed E-state index contributed by atoms with van der Waals surface area (Å²) in [5.74, 6) is -2.70. The van der Waals surface area contributed by atoms with Crippen molar-refractivity contribution in [3.8, 4) is 0 Å². The number of carboxylic acids is 1. The van der Waals surface area contributed by atoms with Gasteiger partial charge in [0, 0.05) is 18.9 Å². The van der Waals surface area contributed by atoms with E-state index in [0.717, 1.165) is 0 Å². The molecule has 1 saturated carbocycles. The van der Waals surface area contributed by atoms with E-state index in [-0.39, 0.29) is 43.9 Å². The number of carbonyl (C=O) groups excluding carboxylic acids is 1. The number of carbonyl (C=O) groups is 2. The van der Waals surface area contributed by atoms with Crippen molar-refractivity contribution in [3.05, 3.63) is 0 Å². The Hall–Kier alpha value is -1.27. The SMILES string of the molecule is O=C(O)CCCCNC(=O)C1CCC(C(F)(F)F)CC1. The van der Waals surface area contributed by atoms with Gasteiger partial charge in [0.15, 0.2) is 0 Å². The van der Waals surface area contributed by atoms with Gasteiger partial charge in [0.1, 0.15) is 0 Å². The molecule has 0 aromatic rings. The highest BCUT2D eigenvalue weighted by atomic mass is 19.4. The number of unbranched alkanes of at least 4 members (excludes halogenated alkanes) is 1. The second kappa shape index (κ2) is 7.50. The Morgan fingerprint density at radius 3 is 2.20 bits per heavy atom. The second-order valence-corrected chi connectivity index (χ2v) is 5.23. The summed E-state index contributed by atoms with van der Waals surface area (Å²) in [4.78, 5) is 22.0. The lowest BCUT2D eigenvalue weighted by Crippen LogP contribution is -2.36. The van der Waals surface area contributed by atoms with Gasteiger partial charge in [-0.3, -0.25) is 9.59 Å². The van der Waals surface area contributed by atoms with Gasteiger partial charge in [-0.25, -0.2) is 0 Å². The zero-order valence-electron chi connectivity index (χ0n) is 11.2. The van der Waals surface area contributed by atoms with Gasteiger partial charge in [-0.05, 0) is 38.5 Å². The second-order valence-electron chi connectivity index (χ2n) is 5.23. The first-order chi connectivity index (χ1) is 9.30. The maximum atomic E-state index is 12.5. The van der Waals surface area contributed by atoms with Gasteiger partial charge in [0.25, 0.3) is 0 Å². The standard InChI is InChI=1S/C13H20F3NO3/c14-13(15,16)10-6-4-9(5-7-10)12(20)17-8-2-1-3-11(18)19/h9-10H,1-8H2,(H,17,20)(H,18,19). The Morgan fingerprint density at radius 2 is 1.70 bits per heavy atom. The molecule has 2 N–H and O–H groups in total. The quantitative estimate of drug-likeness (QED) is 0.740. The largest absolute Gasteiger partial charge is 0.481 e. The van der Waals surface area contributed by atoms with Crippen LogP contribution in [0.1, 0.15) is 44.9 Å². The number of alkyl halides is 3. The lowest BCUT2D eigenvalue weighted by Gasteiger charge is -2.29. The van der Waals surface area contributed by atoms with Crippen LogP contribution in [-0.2, 0) is 9.59 Å². The molecule has 0 spiro atoms. The molecule has 1 rings (SSSR count). The van der Waals surface area contributed by atoms with Gasteiger partial charge in [-0.1, -0.05) is 0 Å². The third-order valence-electron chi connectivity index (χ3n) is 3.68. The van der Waals surface area contributed by atoms with Gasteiger partial charge >= 0.3 is 12.1 Å². The van der Waals surface area contributed by atoms with Crippen molar-refractivity contribution in [3.63, 3.8) is 0 Å². The van der Waals surface area contributed by atoms with E-state index in [4.69, 9.17) is 5.11 Å². The summed E-state index contributed by atoms with van der Waals surface area (Å²) in [5, 5.41) is 11.1. The number of carboxylic acid groups (broad SMARTS) is 1. The Labute approximate surface area is 115 Å². The number of rotatable bonds is 6. The summed E-state index contributed by atoms with van der Waals surface area (Å²) in [6.45, 7) is 0.380. The monoisotopic (exact) mass is 295 g/mol. The summed E-state index contributed by atoms with van der Waals surface area (Å²) in [6.07, 6.45) is -2.48. The molecule has 1 amide bonds. The molecule has 1 fully saturated rings. The molecular formula is C13H20F3NO3. The minimum Gasteiger partial charge on any atom is -0.481 e. The van der Waals surface area contributed by atoms with Crippen LogP contribution in [0.25, 0.3) is 0 Å². The Kier molecular flexibility index (Phi) is 6.29. The van der Waals surface area contributed by atoms with E-state index in [1.54, 1.807) is 0 Å². The van der Waals surface area contributed by atoms with E-state index in [9.17, 15) is 22.8 Å². The van der Waals surface area contributed by atoms with Crippen LogP contribution in [0.15, 0.2) is 0 Å². The lowest BCUT2D eigenvalue weighted by molar-refractivity contribution is -0.184. The number of halogens is 3. The molecule has 4 nitrogen and oxygen atoms in total. The summed E-state index contributed by atoms with van der Waals surface area (Å²) in [6, 6.07) is 0. The molecule has 0 aliphatic heterocycles. The number of nitrogens with one attached hydrogen (secondary N) is 1. The zero-order chi connectivity index (χ0) is 15.2. The molecule has 1 aliphatic rings. The summed E-state index contributed by atoms with van der Waals surface area (Å²) < 4.78 is 37.4. The first-order valence-electron chi connectivity index (χ1n) is 6.87. The molecule has 7 heteroatoms. The molecule has 0 unspecified atom stereocenters. The van der Waals surface area contributed by atoms with E-state index in [1.165, 1.54) is 0 Å². The van der Waals surface area contributed by atoms with Crippen LogP contribution in [0.5, 0.6) is 0 Å². The highest BCUT2D eigenvalue weighted by molar-refractivity contribution is 5.78. The van der Waals surface area contributed by atoms with Gasteiger partial charge in [-0.2, -0.15) is 13.2 Å². The molecule has 0 atom stereocenters. The summed E-state index contributed by atoms with van der Waals surface area (Å²) >= 11 is 0. The van der Waals surface area contributed by atoms with Crippen LogP contribution in [0.4, 0.5) is 13.2 Å². The van der Waals surface area contributed by atoms with E-state index in [0.29, 0.717) is 19.4 Å². The fourth-order valence-corrected chi connectivity index (χ4v) is 2.44. The van der Waals surface area contributed by atoms with Gasteiger partial charge in [-0.15, -0.1) is 0 Å². The number of hydrogen-bond donors (Lipinski definition) is 2. The van der Waals surface area contributed by atoms with Crippen LogP contribution >= 0.6 is 0 Å². The fourth-order valence-electron chi connectivity index (χ4n) is 2.44. The van der Waals surface area contributed by atoms with Crippen molar-refractivity contribution >= 4 is 11.9 Å². The van der Waals surface area contributed by atoms with Gasteiger partial charge in [0.2, 0.25) is 5.91 Å². The maximum Gasteiger partial charge on any atom is 0.391 e. The highest BCUT2D eigenvalue weighted by Gasteiger charge is 2.42. The van der Waals surface area contributed by atoms with E-state index in [1.807, 2.05) is 0 Å². The predicted molar refractivity (Wildman–Crippen MR) is 66.0 cm³/mol. The van der Waals surface area contributed by atoms with Crippen molar-refractivity contribution in [2.75, 3.05) is 6.54 Å². The zero-order valence-corrected chi connectivity index (χ0v) is 11.2. The number of aliphatic carboxylic acids is 1. The Balaban J connectivity index is 2.18. The van der Waals surface area contributed by atoms with Crippen molar-refractivity contribution in [2.24, 2.45) is 11.8 Å². The summed E-state index contributed by atoms with van der Waals surface area (Å²) in [5.41, 5.74) is 0. The molecule has 0 radical (unpaired) electrons. The van der Waals surface area contributed by atoms with Crippen LogP contribution in [0, 0.1) is 11.8 Å². The van der Waals surface area contributed by atoms with Gasteiger partial charge < -0.3 is 10.4 Å². The molecule has 0 saturated heterocycles. The number of amides is 1. The third kappa shape index (κ3) is 5.79. The van der Waals surface area contributed by atoms with E-state index >= 15 is 0 Å². The Bertz CT molecular complexity index is 336. The average Bonchev–Trinajstić information content (AvgIpc) is 2.37. The lowest BCUT2D eigenvalue weighted by atomic mass is 9.81. The maximum absolute atomic E-state index is 12.5. The predicted octanol–water partition coefficient (Wildman–Crippen LogP) is 2.73. The third-order valence-corrected chi connectivity index (χ3v) is 3.68. The Morgan fingerprint density at radius 1 is 1.10 bits per heavy atom. The molecule has 0 aromatic heterocycles. The number of hydrogen-bond acceptors (Lipinski definition) is 2. The van der Waals surface area contributed by atoms with Crippen molar-refractivity contribution in [2.45, 2.75) is 51.1 Å². The summed E-state index contributed by atoms with van der Waals surface area (Å²) in [7, 11) is 0. The minimum atomic E-state index is -4.15. The first kappa shape index (κ1) is 16.8. The average molecular weight is 295 g/mol. The molecule has 0 heterocycles. The smallest absolute Gasteiger partial charge is 0.391 e. The van der Waals surface area contributed by atoms with Crippen molar-refractivity contribution in [1.29, 1.82) is 0 Å². The normalized spacial score (nSPS) is 23.4. The van der Waals surface area contributed by atoms with Crippen LogP contribution in [-0.4, -0.2) is 29.7 Å². The molecule has 0 aromatic carbocycles. The van der Waals surface area contributed by atoms with Crippen LogP contribution in [0.3, 0.4) is 0 Å². The van der Waals surface area contributed by atoms with Crippen molar-refractivity contribution < 1.29 is 27.9 Å². The minimum absolute atomic E-state index is 0.0145. The van der Waals surface area contributed by atoms with E-state index < -0.39 is 18.1 Å². The van der Waals surface area contributed by atoms with Crippen LogP contribution in [0.2, 0.25) is 0 Å². The topological polar surface area (TPSA) is 66.4 Å². The van der Waals surface area contributed by atoms with Crippen LogP contribution < -0.4 is 5.32 Å². The van der Waals surface area contributed by atoms with E-state index in [2.05, 4.69) is 5.32 Å². The fraction of sp³-hybridized carbons (Fsp3) is 0.846. The molecule has 1 aliphatic carbocycles. The molecule has 20 heavy (non-hydrogen) atoms. The van der Waals surface area contributed by atoms with Crippen molar-refractivity contribution in [1.82, 2.24) is 5.32 Å². The molecular weight excluding hydrogens is 275 g/mol. The molecule has 0 bridgehead atoms. The van der Waals surface area contributed by atoms with Gasteiger partial charge in [0.05, 0.1) is 5.92 Å². The first-order valence-corrected chi connectivity index (χ1v) is 6.87.